The van der Waals surface area contributed by atoms with Gasteiger partial charge in [0, 0.05) is 22.4 Å². The summed E-state index contributed by atoms with van der Waals surface area (Å²) in [7, 11) is 0. The Labute approximate surface area is 151 Å². The number of rotatable bonds is 3. The Bertz CT molecular complexity index is 794. The number of thioether (sulfide) groups is 1. The minimum atomic E-state index is -0.396. The lowest BCUT2D eigenvalue weighted by Gasteiger charge is -2.32. The molecule has 25 heavy (non-hydrogen) atoms. The number of nitrogens with one attached hydrogen (secondary N) is 1. The van der Waals surface area contributed by atoms with Gasteiger partial charge in [-0.1, -0.05) is 25.1 Å². The van der Waals surface area contributed by atoms with Gasteiger partial charge in [0.15, 0.2) is 0 Å². The van der Waals surface area contributed by atoms with Gasteiger partial charge in [-0.2, -0.15) is 0 Å². The average molecular weight is 356 g/mol. The third kappa shape index (κ3) is 3.96. The van der Waals surface area contributed by atoms with Gasteiger partial charge in [0.1, 0.15) is 0 Å². The lowest BCUT2D eigenvalue weighted by molar-refractivity contribution is 0.0526. The maximum absolute atomic E-state index is 12.8. The van der Waals surface area contributed by atoms with Crippen molar-refractivity contribution in [3.63, 3.8) is 0 Å². The van der Waals surface area contributed by atoms with Crippen molar-refractivity contribution in [3.8, 4) is 0 Å². The van der Waals surface area contributed by atoms with Crippen LogP contribution in [0.5, 0.6) is 0 Å². The van der Waals surface area contributed by atoms with Crippen molar-refractivity contribution in [1.82, 2.24) is 0 Å². The van der Waals surface area contributed by atoms with E-state index in [1.807, 2.05) is 24.3 Å². The molecule has 2 amide bonds. The maximum Gasteiger partial charge on any atom is 0.338 e. The molecule has 2 aromatic rings. The number of benzene rings is 2. The van der Waals surface area contributed by atoms with Crippen LogP contribution in [0, 0.1) is 0 Å². The van der Waals surface area contributed by atoms with E-state index in [2.05, 4.69) is 12.2 Å². The second kappa shape index (κ2) is 7.61. The summed E-state index contributed by atoms with van der Waals surface area (Å²) >= 11 is 1.77. The van der Waals surface area contributed by atoms with Gasteiger partial charge in [-0.05, 0) is 37.3 Å². The number of hydrogen-bond donors (Lipinski definition) is 1. The molecular weight excluding hydrogens is 336 g/mol. The Morgan fingerprint density at radius 1 is 1.24 bits per heavy atom. The zero-order valence-corrected chi connectivity index (χ0v) is 15.0. The zero-order valence-electron chi connectivity index (χ0n) is 14.2. The summed E-state index contributed by atoms with van der Waals surface area (Å²) in [5.41, 5.74) is 1.89. The van der Waals surface area contributed by atoms with Gasteiger partial charge >= 0.3 is 12.0 Å². The Balaban J connectivity index is 1.79. The highest BCUT2D eigenvalue weighted by Crippen LogP contribution is 2.38. The minimum Gasteiger partial charge on any atom is -0.462 e. The minimum absolute atomic E-state index is 0.208. The van der Waals surface area contributed by atoms with E-state index in [-0.39, 0.29) is 6.03 Å². The van der Waals surface area contributed by atoms with Crippen molar-refractivity contribution in [3.05, 3.63) is 54.1 Å². The first kappa shape index (κ1) is 17.4. The molecule has 1 aliphatic heterocycles. The Morgan fingerprint density at radius 3 is 2.84 bits per heavy atom. The molecule has 2 aromatic carbocycles. The first-order valence-corrected chi connectivity index (χ1v) is 9.08. The van der Waals surface area contributed by atoms with E-state index in [0.29, 0.717) is 29.7 Å². The van der Waals surface area contributed by atoms with Crippen LogP contribution in [0.2, 0.25) is 0 Å². The monoisotopic (exact) mass is 356 g/mol. The number of urea groups is 1. The number of ether oxygens (including phenoxy) is 1. The molecule has 0 bridgehead atoms. The molecule has 0 spiro atoms. The molecule has 0 aliphatic carbocycles. The van der Waals surface area contributed by atoms with Crippen molar-refractivity contribution in [1.29, 1.82) is 0 Å². The van der Waals surface area contributed by atoms with E-state index in [4.69, 9.17) is 4.74 Å². The van der Waals surface area contributed by atoms with Crippen LogP contribution in [-0.4, -0.2) is 30.4 Å². The molecule has 1 aliphatic rings. The summed E-state index contributed by atoms with van der Waals surface area (Å²) in [6, 6.07) is 14.5. The molecule has 3 rings (SSSR count). The van der Waals surface area contributed by atoms with Crippen LogP contribution in [0.15, 0.2) is 53.4 Å². The first-order chi connectivity index (χ1) is 12.1. The van der Waals surface area contributed by atoms with E-state index in [0.717, 1.165) is 10.6 Å². The van der Waals surface area contributed by atoms with Crippen molar-refractivity contribution in [2.45, 2.75) is 24.0 Å². The number of esters is 1. The smallest absolute Gasteiger partial charge is 0.338 e. The van der Waals surface area contributed by atoms with Gasteiger partial charge in [0.2, 0.25) is 0 Å². The maximum atomic E-state index is 12.8. The standard InChI is InChI=1S/C19H20N2O3S/c1-3-24-18(22)14-7-6-8-15(11-14)20-19(23)21-12-13(2)25-17-10-5-4-9-16(17)21/h4-11,13H,3,12H2,1-2H3,(H,20,23). The number of amides is 2. The Kier molecular flexibility index (Phi) is 5.28. The molecule has 0 aromatic heterocycles. The molecule has 1 unspecified atom stereocenters. The normalized spacial score (nSPS) is 16.1. The zero-order chi connectivity index (χ0) is 17.8. The first-order valence-electron chi connectivity index (χ1n) is 8.20. The fraction of sp³-hybridized carbons (Fsp3) is 0.263. The molecule has 0 saturated heterocycles. The summed E-state index contributed by atoms with van der Waals surface area (Å²) in [6.45, 7) is 4.80. The molecular formula is C19H20N2O3S. The van der Waals surface area contributed by atoms with Crippen molar-refractivity contribution < 1.29 is 14.3 Å². The number of carbonyl (C=O) groups is 2. The van der Waals surface area contributed by atoms with Crippen molar-refractivity contribution in [2.75, 3.05) is 23.4 Å². The van der Waals surface area contributed by atoms with Crippen LogP contribution in [0.4, 0.5) is 16.2 Å². The number of para-hydroxylation sites is 1. The number of carbonyl (C=O) groups excluding carboxylic acids is 2. The highest BCUT2D eigenvalue weighted by atomic mass is 32.2. The fourth-order valence-corrected chi connectivity index (χ4v) is 3.82. The highest BCUT2D eigenvalue weighted by molar-refractivity contribution is 8.00. The molecule has 1 heterocycles. The van der Waals surface area contributed by atoms with E-state index < -0.39 is 5.97 Å². The SMILES string of the molecule is CCOC(=O)c1cccc(NC(=O)N2CC(C)Sc3ccccc32)c1. The van der Waals surface area contributed by atoms with E-state index in [1.165, 1.54) is 0 Å². The topological polar surface area (TPSA) is 58.6 Å². The quantitative estimate of drug-likeness (QED) is 0.829. The third-order valence-electron chi connectivity index (χ3n) is 3.79. The van der Waals surface area contributed by atoms with Crippen LogP contribution in [0.25, 0.3) is 0 Å². The Hall–Kier alpha value is -2.47. The Morgan fingerprint density at radius 2 is 2.04 bits per heavy atom. The second-order valence-corrected chi connectivity index (χ2v) is 7.22. The van der Waals surface area contributed by atoms with E-state index in [1.54, 1.807) is 47.9 Å². The molecule has 0 fully saturated rings. The summed E-state index contributed by atoms with van der Waals surface area (Å²) in [4.78, 5) is 27.5. The number of hydrogen-bond acceptors (Lipinski definition) is 4. The predicted molar refractivity (Wildman–Crippen MR) is 101 cm³/mol. The fourth-order valence-electron chi connectivity index (χ4n) is 2.71. The highest BCUT2D eigenvalue weighted by Gasteiger charge is 2.26. The summed E-state index contributed by atoms with van der Waals surface area (Å²) in [5, 5.41) is 3.19. The number of anilines is 2. The molecule has 130 valence electrons. The molecule has 0 saturated carbocycles. The second-order valence-electron chi connectivity index (χ2n) is 5.74. The largest absolute Gasteiger partial charge is 0.462 e. The van der Waals surface area contributed by atoms with Crippen LogP contribution in [-0.2, 0) is 4.74 Å². The lowest BCUT2D eigenvalue weighted by atomic mass is 10.2. The van der Waals surface area contributed by atoms with Gasteiger partial charge < -0.3 is 10.1 Å². The van der Waals surface area contributed by atoms with Gasteiger partial charge in [-0.15, -0.1) is 11.8 Å². The van der Waals surface area contributed by atoms with Gasteiger partial charge in [0.05, 0.1) is 17.9 Å². The summed E-state index contributed by atoms with van der Waals surface area (Å²) < 4.78 is 5.00. The van der Waals surface area contributed by atoms with Gasteiger partial charge in [-0.25, -0.2) is 9.59 Å². The van der Waals surface area contributed by atoms with Crippen LogP contribution in [0.1, 0.15) is 24.2 Å². The van der Waals surface area contributed by atoms with E-state index in [9.17, 15) is 9.59 Å². The molecule has 1 N–H and O–H groups in total. The van der Waals surface area contributed by atoms with Crippen LogP contribution < -0.4 is 10.2 Å². The summed E-state index contributed by atoms with van der Waals surface area (Å²) in [5.74, 6) is -0.396. The lowest BCUT2D eigenvalue weighted by Crippen LogP contribution is -2.41. The van der Waals surface area contributed by atoms with Crippen LogP contribution >= 0.6 is 11.8 Å². The number of nitrogens with zero attached hydrogens (tertiary/aromatic N) is 1. The molecule has 5 nitrogen and oxygen atoms in total. The number of fused-ring (bicyclic) bond motifs is 1. The average Bonchev–Trinajstić information content (AvgIpc) is 2.61. The third-order valence-corrected chi connectivity index (χ3v) is 4.94. The van der Waals surface area contributed by atoms with Crippen LogP contribution in [0.3, 0.4) is 0 Å². The van der Waals surface area contributed by atoms with Gasteiger partial charge in [0.25, 0.3) is 0 Å². The molecule has 0 radical (unpaired) electrons. The summed E-state index contributed by atoms with van der Waals surface area (Å²) in [6.07, 6.45) is 0. The van der Waals surface area contributed by atoms with Gasteiger partial charge in [-0.3, -0.25) is 4.90 Å². The molecule has 1 atom stereocenters. The van der Waals surface area contributed by atoms with Crippen molar-refractivity contribution in [2.24, 2.45) is 0 Å². The molecule has 6 heteroatoms. The van der Waals surface area contributed by atoms with E-state index >= 15 is 0 Å². The van der Waals surface area contributed by atoms with Crippen molar-refractivity contribution >= 4 is 35.1 Å². The predicted octanol–water partition coefficient (Wildman–Crippen LogP) is 4.40.